The Kier molecular flexibility index (Phi) is 2.54. The summed E-state index contributed by atoms with van der Waals surface area (Å²) in [5.74, 6) is 1.18. The van der Waals surface area contributed by atoms with Gasteiger partial charge >= 0.3 is 0 Å². The molecular formula is C9H11ClN4. The van der Waals surface area contributed by atoms with Gasteiger partial charge in [-0.3, -0.25) is 0 Å². The van der Waals surface area contributed by atoms with Gasteiger partial charge in [-0.05, 0) is 6.42 Å². The van der Waals surface area contributed by atoms with Crippen LogP contribution in [0.5, 0.6) is 0 Å². The first-order chi connectivity index (χ1) is 6.77. The first kappa shape index (κ1) is 9.27. The van der Waals surface area contributed by atoms with Gasteiger partial charge in [0.15, 0.2) is 11.6 Å². The highest BCUT2D eigenvalue weighted by atomic mass is 35.5. The van der Waals surface area contributed by atoms with Gasteiger partial charge in [0, 0.05) is 24.0 Å². The van der Waals surface area contributed by atoms with E-state index in [2.05, 4.69) is 9.97 Å². The summed E-state index contributed by atoms with van der Waals surface area (Å²) in [6.45, 7) is 1.56. The molecule has 0 fully saturated rings. The normalized spacial score (nSPS) is 16.6. The Morgan fingerprint density at radius 2 is 2.14 bits per heavy atom. The Bertz CT molecular complexity index is 364. The van der Waals surface area contributed by atoms with Crippen LogP contribution in [0.15, 0.2) is 23.5 Å². The lowest BCUT2D eigenvalue weighted by Gasteiger charge is -2.26. The fourth-order valence-corrected chi connectivity index (χ4v) is 1.72. The predicted molar refractivity (Wildman–Crippen MR) is 57.2 cm³/mol. The third-order valence-corrected chi connectivity index (χ3v) is 2.39. The highest BCUT2D eigenvalue weighted by molar-refractivity contribution is 6.30. The van der Waals surface area contributed by atoms with Crippen molar-refractivity contribution >= 4 is 23.2 Å². The minimum absolute atomic E-state index is 0.457. The first-order valence-corrected chi connectivity index (χ1v) is 4.81. The van der Waals surface area contributed by atoms with E-state index in [1.165, 1.54) is 0 Å². The van der Waals surface area contributed by atoms with E-state index in [1.807, 2.05) is 11.0 Å². The molecule has 0 saturated carbocycles. The Labute approximate surface area is 87.4 Å². The van der Waals surface area contributed by atoms with Crippen molar-refractivity contribution in [2.24, 2.45) is 0 Å². The summed E-state index contributed by atoms with van der Waals surface area (Å²) in [5.41, 5.74) is 5.72. The lowest BCUT2D eigenvalue weighted by Crippen LogP contribution is -2.30. The number of hydrogen-bond acceptors (Lipinski definition) is 4. The monoisotopic (exact) mass is 210 g/mol. The molecule has 1 aliphatic rings. The van der Waals surface area contributed by atoms with E-state index in [4.69, 9.17) is 17.3 Å². The number of nitrogens with two attached hydrogens (primary N) is 1. The van der Waals surface area contributed by atoms with Crippen molar-refractivity contribution in [1.82, 2.24) is 9.97 Å². The predicted octanol–water partition coefficient (Wildman–Crippen LogP) is 1.39. The molecule has 1 aliphatic heterocycles. The van der Waals surface area contributed by atoms with E-state index in [-0.39, 0.29) is 0 Å². The molecule has 2 rings (SSSR count). The van der Waals surface area contributed by atoms with E-state index in [0.717, 1.165) is 23.8 Å². The van der Waals surface area contributed by atoms with Gasteiger partial charge in [0.25, 0.3) is 0 Å². The van der Waals surface area contributed by atoms with Crippen LogP contribution >= 0.6 is 11.6 Å². The SMILES string of the molecule is Nc1nccnc1N1CCC=C(Cl)C1. The molecule has 1 aromatic heterocycles. The molecule has 4 nitrogen and oxygen atoms in total. The Morgan fingerprint density at radius 3 is 2.86 bits per heavy atom. The largest absolute Gasteiger partial charge is 0.381 e. The fraction of sp³-hybridized carbons (Fsp3) is 0.333. The van der Waals surface area contributed by atoms with Gasteiger partial charge < -0.3 is 10.6 Å². The summed E-state index contributed by atoms with van der Waals surface area (Å²) >= 11 is 5.94. The highest BCUT2D eigenvalue weighted by Gasteiger charge is 2.15. The van der Waals surface area contributed by atoms with Crippen LogP contribution in [0.4, 0.5) is 11.6 Å². The summed E-state index contributed by atoms with van der Waals surface area (Å²) in [4.78, 5) is 10.2. The number of hydrogen-bond donors (Lipinski definition) is 1. The van der Waals surface area contributed by atoms with Crippen molar-refractivity contribution < 1.29 is 0 Å². The standard InChI is InChI=1S/C9H11ClN4/c10-7-2-1-5-14(6-7)9-8(11)12-3-4-13-9/h2-4H,1,5-6H2,(H2,11,12). The highest BCUT2D eigenvalue weighted by Crippen LogP contribution is 2.22. The molecule has 0 bridgehead atoms. The van der Waals surface area contributed by atoms with Crippen LogP contribution in [0.3, 0.4) is 0 Å². The number of rotatable bonds is 1. The second-order valence-corrected chi connectivity index (χ2v) is 3.61. The van der Waals surface area contributed by atoms with Gasteiger partial charge in [-0.2, -0.15) is 0 Å². The molecule has 0 amide bonds. The summed E-state index contributed by atoms with van der Waals surface area (Å²) < 4.78 is 0. The van der Waals surface area contributed by atoms with Crippen molar-refractivity contribution in [2.75, 3.05) is 23.7 Å². The van der Waals surface area contributed by atoms with Gasteiger partial charge in [0.05, 0.1) is 6.54 Å². The summed E-state index contributed by atoms with van der Waals surface area (Å²) in [6.07, 6.45) is 6.16. The van der Waals surface area contributed by atoms with Gasteiger partial charge in [0.1, 0.15) is 0 Å². The molecule has 2 heterocycles. The summed E-state index contributed by atoms with van der Waals surface area (Å²) in [6, 6.07) is 0. The van der Waals surface area contributed by atoms with E-state index in [1.54, 1.807) is 12.4 Å². The number of halogens is 1. The van der Waals surface area contributed by atoms with E-state index in [9.17, 15) is 0 Å². The molecule has 5 heteroatoms. The van der Waals surface area contributed by atoms with Crippen LogP contribution in [0.1, 0.15) is 6.42 Å². The molecule has 0 radical (unpaired) electrons. The summed E-state index contributed by atoms with van der Waals surface area (Å²) in [5, 5.41) is 0.835. The summed E-state index contributed by atoms with van der Waals surface area (Å²) in [7, 11) is 0. The average Bonchev–Trinajstić information content (AvgIpc) is 2.18. The lowest BCUT2D eigenvalue weighted by molar-refractivity contribution is 0.796. The zero-order valence-corrected chi connectivity index (χ0v) is 8.41. The maximum atomic E-state index is 5.94. The van der Waals surface area contributed by atoms with Crippen LogP contribution in [-0.4, -0.2) is 23.1 Å². The zero-order valence-electron chi connectivity index (χ0n) is 7.65. The van der Waals surface area contributed by atoms with Crippen LogP contribution < -0.4 is 10.6 Å². The van der Waals surface area contributed by atoms with Crippen molar-refractivity contribution in [2.45, 2.75) is 6.42 Å². The molecule has 0 atom stereocenters. The van der Waals surface area contributed by atoms with E-state index in [0.29, 0.717) is 12.4 Å². The van der Waals surface area contributed by atoms with Crippen molar-refractivity contribution in [3.05, 3.63) is 23.5 Å². The number of nitrogens with zero attached hydrogens (tertiary/aromatic N) is 3. The average molecular weight is 211 g/mol. The van der Waals surface area contributed by atoms with Crippen LogP contribution in [0.2, 0.25) is 0 Å². The Morgan fingerprint density at radius 1 is 1.36 bits per heavy atom. The van der Waals surface area contributed by atoms with E-state index < -0.39 is 0 Å². The molecule has 74 valence electrons. The minimum atomic E-state index is 0.457. The van der Waals surface area contributed by atoms with Crippen molar-refractivity contribution in [3.63, 3.8) is 0 Å². The molecule has 1 aromatic rings. The Balaban J connectivity index is 2.24. The molecule has 14 heavy (non-hydrogen) atoms. The lowest BCUT2D eigenvalue weighted by atomic mass is 10.2. The Hall–Kier alpha value is -1.29. The molecule has 2 N–H and O–H groups in total. The van der Waals surface area contributed by atoms with Crippen LogP contribution in [0.25, 0.3) is 0 Å². The topological polar surface area (TPSA) is 55.0 Å². The number of anilines is 2. The maximum Gasteiger partial charge on any atom is 0.171 e. The van der Waals surface area contributed by atoms with Crippen LogP contribution in [0, 0.1) is 0 Å². The third-order valence-electron chi connectivity index (χ3n) is 2.11. The molecular weight excluding hydrogens is 200 g/mol. The van der Waals surface area contributed by atoms with Crippen molar-refractivity contribution in [3.8, 4) is 0 Å². The fourth-order valence-electron chi connectivity index (χ4n) is 1.47. The zero-order chi connectivity index (χ0) is 9.97. The minimum Gasteiger partial charge on any atom is -0.381 e. The number of aromatic nitrogens is 2. The van der Waals surface area contributed by atoms with Gasteiger partial charge in [0.2, 0.25) is 0 Å². The molecule has 0 spiro atoms. The number of nitrogen functional groups attached to an aromatic ring is 1. The second kappa shape index (κ2) is 3.84. The maximum absolute atomic E-state index is 5.94. The van der Waals surface area contributed by atoms with Gasteiger partial charge in [-0.25, -0.2) is 9.97 Å². The third kappa shape index (κ3) is 1.80. The van der Waals surface area contributed by atoms with Crippen LogP contribution in [-0.2, 0) is 0 Å². The molecule has 0 aromatic carbocycles. The molecule has 0 aliphatic carbocycles. The quantitative estimate of drug-likeness (QED) is 0.761. The van der Waals surface area contributed by atoms with Crippen molar-refractivity contribution in [1.29, 1.82) is 0 Å². The first-order valence-electron chi connectivity index (χ1n) is 4.43. The molecule has 0 saturated heterocycles. The second-order valence-electron chi connectivity index (χ2n) is 3.13. The van der Waals surface area contributed by atoms with Gasteiger partial charge in [-0.15, -0.1) is 0 Å². The van der Waals surface area contributed by atoms with Gasteiger partial charge in [-0.1, -0.05) is 17.7 Å². The van der Waals surface area contributed by atoms with E-state index >= 15 is 0 Å². The smallest absolute Gasteiger partial charge is 0.171 e. The molecule has 0 unspecified atom stereocenters.